The molecule has 2 rings (SSSR count). The molecule has 0 fully saturated rings. The minimum absolute atomic E-state index is 0.221. The van der Waals surface area contributed by atoms with E-state index in [1.165, 1.54) is 0 Å². The highest BCUT2D eigenvalue weighted by Gasteiger charge is 1.97. The molecule has 13 heavy (non-hydrogen) atoms. The van der Waals surface area contributed by atoms with Crippen molar-refractivity contribution in [3.8, 4) is 5.75 Å². The zero-order valence-electron chi connectivity index (χ0n) is 6.60. The van der Waals surface area contributed by atoms with Crippen molar-refractivity contribution in [2.45, 2.75) is 0 Å². The Balaban J connectivity index is 2.15. The summed E-state index contributed by atoms with van der Waals surface area (Å²) in [5, 5.41) is 25.0. The van der Waals surface area contributed by atoms with Gasteiger partial charge in [0.25, 0.3) is 5.95 Å². The summed E-state index contributed by atoms with van der Waals surface area (Å²) < 4.78 is 0. The molecule has 0 bridgehead atoms. The SMILES string of the molecule is Oc1ccc(Nc2nn[nH]n2)cc1. The first-order chi connectivity index (χ1) is 6.34. The van der Waals surface area contributed by atoms with Crippen LogP contribution in [-0.4, -0.2) is 25.7 Å². The third-order valence-corrected chi connectivity index (χ3v) is 1.47. The molecule has 0 saturated heterocycles. The summed E-state index contributed by atoms with van der Waals surface area (Å²) in [6.45, 7) is 0. The van der Waals surface area contributed by atoms with Gasteiger partial charge in [0.15, 0.2) is 0 Å². The van der Waals surface area contributed by atoms with Crippen LogP contribution in [0.4, 0.5) is 11.6 Å². The quantitative estimate of drug-likeness (QED) is 0.586. The van der Waals surface area contributed by atoms with Crippen molar-refractivity contribution in [1.29, 1.82) is 0 Å². The molecule has 6 nitrogen and oxygen atoms in total. The largest absolute Gasteiger partial charge is 0.508 e. The maximum absolute atomic E-state index is 9.01. The number of hydrogen-bond donors (Lipinski definition) is 3. The number of aromatic amines is 1. The molecule has 0 aliphatic heterocycles. The topological polar surface area (TPSA) is 86.7 Å². The Hall–Kier alpha value is -2.11. The number of H-pyrrole nitrogens is 1. The molecule has 1 aromatic heterocycles. The van der Waals surface area contributed by atoms with E-state index in [-0.39, 0.29) is 5.75 Å². The number of hydrogen-bond acceptors (Lipinski definition) is 5. The molecule has 0 amide bonds. The van der Waals surface area contributed by atoms with Gasteiger partial charge in [0, 0.05) is 5.69 Å². The summed E-state index contributed by atoms with van der Waals surface area (Å²) in [6.07, 6.45) is 0. The fraction of sp³-hybridized carbons (Fsp3) is 0. The molecule has 0 radical (unpaired) electrons. The summed E-state index contributed by atoms with van der Waals surface area (Å²) in [5.41, 5.74) is 0.791. The highest BCUT2D eigenvalue weighted by Crippen LogP contribution is 2.15. The van der Waals surface area contributed by atoms with Crippen LogP contribution in [0.15, 0.2) is 24.3 Å². The zero-order chi connectivity index (χ0) is 9.10. The number of aromatic hydroxyl groups is 1. The number of anilines is 2. The van der Waals surface area contributed by atoms with Crippen LogP contribution >= 0.6 is 0 Å². The van der Waals surface area contributed by atoms with E-state index in [0.717, 1.165) is 5.69 Å². The highest BCUT2D eigenvalue weighted by atomic mass is 16.3. The lowest BCUT2D eigenvalue weighted by Gasteiger charge is -1.99. The second-order valence-electron chi connectivity index (χ2n) is 2.41. The fourth-order valence-electron chi connectivity index (χ4n) is 0.889. The second-order valence-corrected chi connectivity index (χ2v) is 2.41. The van der Waals surface area contributed by atoms with Crippen LogP contribution in [0, 0.1) is 0 Å². The van der Waals surface area contributed by atoms with E-state index in [9.17, 15) is 0 Å². The Morgan fingerprint density at radius 3 is 2.62 bits per heavy atom. The molecule has 6 heteroatoms. The van der Waals surface area contributed by atoms with Crippen LogP contribution in [-0.2, 0) is 0 Å². The number of benzene rings is 1. The van der Waals surface area contributed by atoms with Crippen molar-refractivity contribution in [1.82, 2.24) is 20.6 Å². The van der Waals surface area contributed by atoms with Gasteiger partial charge in [0.05, 0.1) is 0 Å². The van der Waals surface area contributed by atoms with Gasteiger partial charge < -0.3 is 10.4 Å². The number of phenolic OH excluding ortho intramolecular Hbond substituents is 1. The predicted octanol–water partition coefficient (Wildman–Crippen LogP) is 0.649. The Morgan fingerprint density at radius 2 is 2.00 bits per heavy atom. The molecule has 0 aliphatic carbocycles. The fourth-order valence-corrected chi connectivity index (χ4v) is 0.889. The van der Waals surface area contributed by atoms with E-state index in [4.69, 9.17) is 5.11 Å². The van der Waals surface area contributed by atoms with E-state index in [0.29, 0.717) is 5.95 Å². The summed E-state index contributed by atoms with van der Waals surface area (Å²) in [6, 6.07) is 6.57. The lowest BCUT2D eigenvalue weighted by molar-refractivity contribution is 0.475. The van der Waals surface area contributed by atoms with Crippen molar-refractivity contribution >= 4 is 11.6 Å². The summed E-state index contributed by atoms with van der Waals surface area (Å²) in [7, 11) is 0. The zero-order valence-corrected chi connectivity index (χ0v) is 6.60. The first-order valence-electron chi connectivity index (χ1n) is 3.64. The summed E-state index contributed by atoms with van der Waals surface area (Å²) in [5.74, 6) is 0.615. The third-order valence-electron chi connectivity index (χ3n) is 1.47. The van der Waals surface area contributed by atoms with Crippen LogP contribution in [0.2, 0.25) is 0 Å². The number of rotatable bonds is 2. The molecule has 1 aromatic carbocycles. The Kier molecular flexibility index (Phi) is 1.79. The minimum Gasteiger partial charge on any atom is -0.508 e. The third kappa shape index (κ3) is 1.73. The van der Waals surface area contributed by atoms with Crippen molar-refractivity contribution in [3.63, 3.8) is 0 Å². The van der Waals surface area contributed by atoms with Gasteiger partial charge in [-0.25, -0.2) is 0 Å². The van der Waals surface area contributed by atoms with Gasteiger partial charge in [0.2, 0.25) is 0 Å². The van der Waals surface area contributed by atoms with Gasteiger partial charge in [0.1, 0.15) is 5.75 Å². The molecule has 2 aromatic rings. The van der Waals surface area contributed by atoms with E-state index in [1.54, 1.807) is 24.3 Å². The maximum atomic E-state index is 9.01. The molecule has 3 N–H and O–H groups in total. The number of nitrogens with one attached hydrogen (secondary N) is 2. The van der Waals surface area contributed by atoms with Crippen LogP contribution in [0.3, 0.4) is 0 Å². The Morgan fingerprint density at radius 1 is 1.23 bits per heavy atom. The predicted molar refractivity (Wildman–Crippen MR) is 45.6 cm³/mol. The van der Waals surface area contributed by atoms with Gasteiger partial charge in [-0.05, 0) is 29.5 Å². The molecule has 1 heterocycles. The molecule has 0 unspecified atom stereocenters. The molecule has 0 spiro atoms. The Bertz CT molecular complexity index is 368. The van der Waals surface area contributed by atoms with Gasteiger partial charge in [-0.2, -0.15) is 5.21 Å². The van der Waals surface area contributed by atoms with Crippen molar-refractivity contribution < 1.29 is 5.11 Å². The highest BCUT2D eigenvalue weighted by molar-refractivity contribution is 5.53. The van der Waals surface area contributed by atoms with Crippen molar-refractivity contribution in [3.05, 3.63) is 24.3 Å². The monoisotopic (exact) mass is 177 g/mol. The van der Waals surface area contributed by atoms with Gasteiger partial charge in [-0.15, -0.1) is 5.10 Å². The average Bonchev–Trinajstić information content (AvgIpc) is 2.62. The van der Waals surface area contributed by atoms with Gasteiger partial charge in [-0.3, -0.25) is 0 Å². The van der Waals surface area contributed by atoms with Crippen LogP contribution < -0.4 is 5.32 Å². The van der Waals surface area contributed by atoms with Crippen molar-refractivity contribution in [2.75, 3.05) is 5.32 Å². The lowest BCUT2D eigenvalue weighted by atomic mass is 10.3. The maximum Gasteiger partial charge on any atom is 0.267 e. The number of aromatic nitrogens is 4. The molecule has 0 aliphatic rings. The van der Waals surface area contributed by atoms with Gasteiger partial charge >= 0.3 is 0 Å². The summed E-state index contributed by atoms with van der Waals surface area (Å²) in [4.78, 5) is 0. The van der Waals surface area contributed by atoms with E-state index in [1.807, 2.05) is 0 Å². The van der Waals surface area contributed by atoms with Crippen LogP contribution in [0.1, 0.15) is 0 Å². The second kappa shape index (κ2) is 3.10. The Labute approximate surface area is 73.6 Å². The molecule has 0 saturated carbocycles. The molecule has 66 valence electrons. The summed E-state index contributed by atoms with van der Waals surface area (Å²) >= 11 is 0. The average molecular weight is 177 g/mol. The van der Waals surface area contributed by atoms with Crippen LogP contribution in [0.5, 0.6) is 5.75 Å². The van der Waals surface area contributed by atoms with Crippen LogP contribution in [0.25, 0.3) is 0 Å². The van der Waals surface area contributed by atoms with E-state index in [2.05, 4.69) is 25.9 Å². The standard InChI is InChI=1S/C7H7N5O/c13-6-3-1-5(2-4-6)8-7-9-11-12-10-7/h1-4,13H,(H2,8,9,10,11,12). The first kappa shape index (κ1) is 7.53. The smallest absolute Gasteiger partial charge is 0.267 e. The first-order valence-corrected chi connectivity index (χ1v) is 3.64. The van der Waals surface area contributed by atoms with Crippen molar-refractivity contribution in [2.24, 2.45) is 0 Å². The normalized spacial score (nSPS) is 9.85. The molecule has 0 atom stereocenters. The minimum atomic E-state index is 0.221. The number of nitrogens with zero attached hydrogens (tertiary/aromatic N) is 3. The molecular formula is C7H7N5O. The number of tetrazole rings is 1. The van der Waals surface area contributed by atoms with Gasteiger partial charge in [-0.1, -0.05) is 5.10 Å². The van der Waals surface area contributed by atoms with E-state index < -0.39 is 0 Å². The lowest BCUT2D eigenvalue weighted by Crippen LogP contribution is -1.91. The molecular weight excluding hydrogens is 170 g/mol. The van der Waals surface area contributed by atoms with E-state index >= 15 is 0 Å². The number of phenols is 1.